The molecule has 3 rings (SSSR count). The Labute approximate surface area is 218 Å². The molecule has 2 aromatic carbocycles. The molecule has 12 heteroatoms. The highest BCUT2D eigenvalue weighted by molar-refractivity contribution is 5.94. The molecular weight excluding hydrogens is 494 g/mol. The number of amides is 3. The number of carboxylic acid groups (broad SMARTS) is 1. The van der Waals surface area contributed by atoms with Crippen molar-refractivity contribution in [3.63, 3.8) is 0 Å². The van der Waals surface area contributed by atoms with Crippen LogP contribution >= 0.6 is 0 Å². The van der Waals surface area contributed by atoms with Gasteiger partial charge in [-0.05, 0) is 42.7 Å². The van der Waals surface area contributed by atoms with E-state index in [2.05, 4.69) is 20.9 Å². The van der Waals surface area contributed by atoms with E-state index in [1.54, 1.807) is 18.3 Å². The second-order valence-corrected chi connectivity index (χ2v) is 8.94. The number of rotatable bonds is 12. The summed E-state index contributed by atoms with van der Waals surface area (Å²) in [5, 5.41) is 36.4. The standard InChI is InChI=1S/C26H31N5O7/c1-14(32)23(26(38)29-13-22(34)35)31-25(37)21(10-15-6-8-17(33)9-7-15)30-24(36)19(27)11-16-12-28-20-5-3-2-4-18(16)20/h2-9,12,14,19,21,23,28,32-33H,10-11,13,27H2,1H3,(H,29,38)(H,30,36)(H,31,37)(H,34,35). The van der Waals surface area contributed by atoms with Crippen LogP contribution in [0.3, 0.4) is 0 Å². The third-order valence-electron chi connectivity index (χ3n) is 5.94. The Hall–Kier alpha value is -4.42. The molecule has 0 saturated carbocycles. The van der Waals surface area contributed by atoms with Crippen LogP contribution < -0.4 is 21.7 Å². The molecule has 9 N–H and O–H groups in total. The van der Waals surface area contributed by atoms with E-state index in [1.165, 1.54) is 19.1 Å². The van der Waals surface area contributed by atoms with Gasteiger partial charge in [0.15, 0.2) is 0 Å². The average Bonchev–Trinajstić information content (AvgIpc) is 3.28. The fraction of sp³-hybridized carbons (Fsp3) is 0.308. The van der Waals surface area contributed by atoms with Crippen molar-refractivity contribution in [2.75, 3.05) is 6.54 Å². The molecule has 0 fully saturated rings. The van der Waals surface area contributed by atoms with Gasteiger partial charge in [0.2, 0.25) is 17.7 Å². The van der Waals surface area contributed by atoms with Crippen molar-refractivity contribution in [1.29, 1.82) is 0 Å². The highest BCUT2D eigenvalue weighted by atomic mass is 16.4. The van der Waals surface area contributed by atoms with Crippen molar-refractivity contribution in [1.82, 2.24) is 20.9 Å². The lowest BCUT2D eigenvalue weighted by atomic mass is 10.0. The number of carboxylic acids is 1. The van der Waals surface area contributed by atoms with Gasteiger partial charge in [0, 0.05) is 23.5 Å². The largest absolute Gasteiger partial charge is 0.508 e. The predicted molar refractivity (Wildman–Crippen MR) is 138 cm³/mol. The summed E-state index contributed by atoms with van der Waals surface area (Å²) in [6.07, 6.45) is 0.585. The quantitative estimate of drug-likeness (QED) is 0.155. The number of fused-ring (bicyclic) bond motifs is 1. The van der Waals surface area contributed by atoms with E-state index in [0.29, 0.717) is 5.56 Å². The fourth-order valence-electron chi connectivity index (χ4n) is 3.92. The van der Waals surface area contributed by atoms with Gasteiger partial charge in [-0.3, -0.25) is 19.2 Å². The maximum Gasteiger partial charge on any atom is 0.322 e. The molecule has 1 heterocycles. The summed E-state index contributed by atoms with van der Waals surface area (Å²) in [5.41, 5.74) is 8.49. The van der Waals surface area contributed by atoms with Gasteiger partial charge in [-0.1, -0.05) is 30.3 Å². The second-order valence-electron chi connectivity index (χ2n) is 8.94. The van der Waals surface area contributed by atoms with Gasteiger partial charge in [-0.25, -0.2) is 0 Å². The van der Waals surface area contributed by atoms with E-state index < -0.39 is 54.5 Å². The number of hydrogen-bond donors (Lipinski definition) is 8. The Bertz CT molecular complexity index is 1290. The monoisotopic (exact) mass is 525 g/mol. The van der Waals surface area contributed by atoms with E-state index in [-0.39, 0.29) is 18.6 Å². The molecule has 0 aliphatic heterocycles. The zero-order chi connectivity index (χ0) is 27.8. The molecule has 3 aromatic rings. The first-order chi connectivity index (χ1) is 18.0. The molecule has 4 atom stereocenters. The number of nitrogens with two attached hydrogens (primary N) is 1. The van der Waals surface area contributed by atoms with E-state index in [4.69, 9.17) is 10.8 Å². The van der Waals surface area contributed by atoms with Gasteiger partial charge in [0.25, 0.3) is 0 Å². The van der Waals surface area contributed by atoms with Crippen LogP contribution in [-0.2, 0) is 32.0 Å². The van der Waals surface area contributed by atoms with E-state index >= 15 is 0 Å². The molecule has 0 radical (unpaired) electrons. The molecule has 202 valence electrons. The van der Waals surface area contributed by atoms with Crippen LogP contribution in [0.4, 0.5) is 0 Å². The molecule has 38 heavy (non-hydrogen) atoms. The van der Waals surface area contributed by atoms with E-state index in [9.17, 15) is 29.4 Å². The number of hydrogen-bond acceptors (Lipinski definition) is 7. The van der Waals surface area contributed by atoms with E-state index in [0.717, 1.165) is 16.5 Å². The van der Waals surface area contributed by atoms with Crippen LogP contribution in [0, 0.1) is 0 Å². The number of aliphatic carboxylic acids is 1. The normalized spacial score (nSPS) is 14.2. The lowest BCUT2D eigenvalue weighted by Gasteiger charge is -2.25. The summed E-state index contributed by atoms with van der Waals surface area (Å²) in [6.45, 7) is 0.560. The van der Waals surface area contributed by atoms with Gasteiger partial charge in [-0.2, -0.15) is 0 Å². The number of benzene rings is 2. The van der Waals surface area contributed by atoms with Crippen LogP contribution in [0.2, 0.25) is 0 Å². The second kappa shape index (κ2) is 12.7. The predicted octanol–water partition coefficient (Wildman–Crippen LogP) is -0.463. The molecule has 0 aliphatic rings. The molecule has 1 aromatic heterocycles. The van der Waals surface area contributed by atoms with Crippen molar-refractivity contribution < 1.29 is 34.5 Å². The SMILES string of the molecule is CC(O)C(NC(=O)C(Cc1ccc(O)cc1)NC(=O)C(N)Cc1c[nH]c2ccccc12)C(=O)NCC(=O)O. The molecular formula is C26H31N5O7. The van der Waals surface area contributed by atoms with E-state index in [1.807, 2.05) is 24.3 Å². The number of aromatic hydroxyl groups is 1. The van der Waals surface area contributed by atoms with Crippen molar-refractivity contribution in [2.24, 2.45) is 5.73 Å². The summed E-state index contributed by atoms with van der Waals surface area (Å²) >= 11 is 0. The van der Waals surface area contributed by atoms with Gasteiger partial charge < -0.3 is 42.0 Å². The topological polar surface area (TPSA) is 207 Å². The zero-order valence-electron chi connectivity index (χ0n) is 20.7. The van der Waals surface area contributed by atoms with Crippen molar-refractivity contribution in [3.8, 4) is 5.75 Å². The Balaban J connectivity index is 1.76. The number of phenolic OH excluding ortho intramolecular Hbond substituents is 1. The maximum absolute atomic E-state index is 13.2. The number of para-hydroxylation sites is 1. The van der Waals surface area contributed by atoms with Gasteiger partial charge in [0.05, 0.1) is 12.1 Å². The summed E-state index contributed by atoms with van der Waals surface area (Å²) in [5.74, 6) is -3.58. The average molecular weight is 526 g/mol. The molecule has 0 bridgehead atoms. The Morgan fingerprint density at radius 3 is 2.29 bits per heavy atom. The van der Waals surface area contributed by atoms with Gasteiger partial charge in [-0.15, -0.1) is 0 Å². The lowest BCUT2D eigenvalue weighted by molar-refractivity contribution is -0.139. The minimum atomic E-state index is -1.47. The Morgan fingerprint density at radius 2 is 1.63 bits per heavy atom. The summed E-state index contributed by atoms with van der Waals surface area (Å²) in [4.78, 5) is 52.5. The van der Waals surface area contributed by atoms with Crippen LogP contribution in [0.15, 0.2) is 54.7 Å². The third-order valence-corrected chi connectivity index (χ3v) is 5.94. The Kier molecular flexibility index (Phi) is 9.41. The zero-order valence-corrected chi connectivity index (χ0v) is 20.7. The van der Waals surface area contributed by atoms with Crippen molar-refractivity contribution >= 4 is 34.6 Å². The highest BCUT2D eigenvalue weighted by Gasteiger charge is 2.31. The molecule has 12 nitrogen and oxygen atoms in total. The maximum atomic E-state index is 13.2. The molecule has 0 spiro atoms. The van der Waals surface area contributed by atoms with Crippen molar-refractivity contribution in [2.45, 2.75) is 44.0 Å². The smallest absolute Gasteiger partial charge is 0.322 e. The van der Waals surface area contributed by atoms with Crippen molar-refractivity contribution in [3.05, 3.63) is 65.9 Å². The molecule has 0 saturated heterocycles. The van der Waals surface area contributed by atoms with Crippen LogP contribution in [0.25, 0.3) is 10.9 Å². The van der Waals surface area contributed by atoms with Gasteiger partial charge in [0.1, 0.15) is 24.4 Å². The summed E-state index contributed by atoms with van der Waals surface area (Å²) < 4.78 is 0. The first-order valence-corrected chi connectivity index (χ1v) is 11.9. The van der Waals surface area contributed by atoms with Crippen LogP contribution in [0.1, 0.15) is 18.1 Å². The third kappa shape index (κ3) is 7.54. The number of carbonyl (C=O) groups is 4. The molecule has 3 amide bonds. The number of aromatic nitrogens is 1. The Morgan fingerprint density at radius 1 is 0.947 bits per heavy atom. The highest BCUT2D eigenvalue weighted by Crippen LogP contribution is 2.19. The number of aliphatic hydroxyl groups excluding tert-OH is 1. The summed E-state index contributed by atoms with van der Waals surface area (Å²) in [6, 6.07) is 9.86. The fourth-order valence-corrected chi connectivity index (χ4v) is 3.92. The van der Waals surface area contributed by atoms with Crippen LogP contribution in [0.5, 0.6) is 5.75 Å². The number of H-pyrrole nitrogens is 1. The summed E-state index contributed by atoms with van der Waals surface area (Å²) in [7, 11) is 0. The van der Waals surface area contributed by atoms with Gasteiger partial charge >= 0.3 is 5.97 Å². The lowest BCUT2D eigenvalue weighted by Crippen LogP contribution is -2.59. The van der Waals surface area contributed by atoms with Crippen LogP contribution in [-0.4, -0.2) is 74.8 Å². The number of aliphatic hydroxyl groups is 1. The number of nitrogens with one attached hydrogen (secondary N) is 4. The number of aromatic amines is 1. The molecule has 4 unspecified atom stereocenters. The number of carbonyl (C=O) groups excluding carboxylic acids is 3. The first kappa shape index (κ1) is 28.2. The minimum absolute atomic E-state index is 0.0130. The molecule has 0 aliphatic carbocycles. The minimum Gasteiger partial charge on any atom is -0.508 e. The first-order valence-electron chi connectivity index (χ1n) is 11.9. The number of phenols is 1.